The molecule has 0 aliphatic carbocycles. The monoisotopic (exact) mass is 370 g/mol. The predicted octanol–water partition coefficient (Wildman–Crippen LogP) is 3.35. The van der Waals surface area contributed by atoms with Crippen LogP contribution in [0.15, 0.2) is 48.8 Å². The van der Waals surface area contributed by atoms with Gasteiger partial charge in [-0.1, -0.05) is 49.7 Å². The number of methoxy groups -OCH3 is 1. The Morgan fingerprint density at radius 2 is 1.88 bits per heavy atom. The van der Waals surface area contributed by atoms with Crippen molar-refractivity contribution in [3.05, 3.63) is 70.8 Å². The Bertz CT molecular complexity index is 948. The molecule has 1 amide bonds. The molecule has 0 saturated carbocycles. The van der Waals surface area contributed by atoms with Crippen LogP contribution in [0, 0.1) is 0 Å². The van der Waals surface area contributed by atoms with Gasteiger partial charge in [-0.25, -0.2) is 9.67 Å². The van der Waals surface area contributed by atoms with Gasteiger partial charge in [0.15, 0.2) is 0 Å². The van der Waals surface area contributed by atoms with Crippen LogP contribution >= 0.6 is 11.6 Å². The van der Waals surface area contributed by atoms with E-state index in [2.05, 4.69) is 23.9 Å². The number of para-hydroxylation sites is 1. The number of carbonyl (C=O) groups is 1. The molecule has 2 N–H and O–H groups in total. The standard InChI is InChI=1S/C19H19ClN4O2/c1-19(2,12-7-9-13(20)10-8-12)14-5-4-6-15(16(14)26-3)24-11-22-18(23-24)17(21)25/h4-11H,1-3H3,(H2,21,25). The maximum absolute atomic E-state index is 11.3. The molecule has 0 spiro atoms. The van der Waals surface area contributed by atoms with Gasteiger partial charge in [-0.2, -0.15) is 0 Å². The van der Waals surface area contributed by atoms with Crippen molar-refractivity contribution in [1.82, 2.24) is 14.8 Å². The zero-order valence-corrected chi connectivity index (χ0v) is 15.5. The molecule has 2 aromatic carbocycles. The molecule has 3 aromatic rings. The van der Waals surface area contributed by atoms with Gasteiger partial charge in [-0.3, -0.25) is 4.79 Å². The zero-order chi connectivity index (χ0) is 18.9. The van der Waals surface area contributed by atoms with Crippen molar-refractivity contribution in [2.75, 3.05) is 7.11 Å². The number of benzene rings is 2. The third-order valence-electron chi connectivity index (χ3n) is 4.40. The summed E-state index contributed by atoms with van der Waals surface area (Å²) in [5.41, 5.74) is 7.63. The van der Waals surface area contributed by atoms with E-state index in [4.69, 9.17) is 22.1 Å². The predicted molar refractivity (Wildman–Crippen MR) is 100 cm³/mol. The van der Waals surface area contributed by atoms with E-state index >= 15 is 0 Å². The van der Waals surface area contributed by atoms with Gasteiger partial charge in [0.05, 0.1) is 7.11 Å². The Balaban J connectivity index is 2.13. The van der Waals surface area contributed by atoms with Gasteiger partial charge in [-0.15, -0.1) is 5.10 Å². The van der Waals surface area contributed by atoms with Gasteiger partial charge >= 0.3 is 0 Å². The van der Waals surface area contributed by atoms with Gasteiger partial charge < -0.3 is 10.5 Å². The van der Waals surface area contributed by atoms with Crippen molar-refractivity contribution in [3.8, 4) is 11.4 Å². The molecule has 0 unspecified atom stereocenters. The van der Waals surface area contributed by atoms with Crippen molar-refractivity contribution < 1.29 is 9.53 Å². The first kappa shape index (κ1) is 17.9. The first-order valence-corrected chi connectivity index (χ1v) is 8.37. The minimum absolute atomic E-state index is 0.0468. The number of halogens is 1. The molecule has 0 aliphatic heterocycles. The van der Waals surface area contributed by atoms with E-state index in [1.807, 2.05) is 42.5 Å². The van der Waals surface area contributed by atoms with Crippen LogP contribution in [0.25, 0.3) is 5.69 Å². The van der Waals surface area contributed by atoms with Gasteiger partial charge in [0.1, 0.15) is 17.8 Å². The molecule has 6 nitrogen and oxygen atoms in total. The van der Waals surface area contributed by atoms with Crippen molar-refractivity contribution in [1.29, 1.82) is 0 Å². The maximum Gasteiger partial charge on any atom is 0.288 e. The van der Waals surface area contributed by atoms with Crippen LogP contribution in [0.5, 0.6) is 5.75 Å². The Morgan fingerprint density at radius 3 is 2.46 bits per heavy atom. The van der Waals surface area contributed by atoms with Crippen molar-refractivity contribution in [2.24, 2.45) is 5.73 Å². The molecular weight excluding hydrogens is 352 g/mol. The molecule has 1 aromatic heterocycles. The molecule has 0 fully saturated rings. The molecule has 0 atom stereocenters. The van der Waals surface area contributed by atoms with Gasteiger partial charge in [0.25, 0.3) is 5.91 Å². The summed E-state index contributed by atoms with van der Waals surface area (Å²) in [6, 6.07) is 13.5. The van der Waals surface area contributed by atoms with Gasteiger partial charge in [0.2, 0.25) is 5.82 Å². The van der Waals surface area contributed by atoms with E-state index in [-0.39, 0.29) is 11.2 Å². The van der Waals surface area contributed by atoms with Crippen LogP contribution < -0.4 is 10.5 Å². The lowest BCUT2D eigenvalue weighted by atomic mass is 9.77. The summed E-state index contributed by atoms with van der Waals surface area (Å²) in [4.78, 5) is 15.2. The molecule has 26 heavy (non-hydrogen) atoms. The van der Waals surface area contributed by atoms with E-state index in [0.717, 1.165) is 11.1 Å². The number of rotatable bonds is 5. The van der Waals surface area contributed by atoms with E-state index in [0.29, 0.717) is 16.5 Å². The summed E-state index contributed by atoms with van der Waals surface area (Å²) in [7, 11) is 1.60. The number of nitrogens with zero attached hydrogens (tertiary/aromatic N) is 3. The highest BCUT2D eigenvalue weighted by molar-refractivity contribution is 6.30. The topological polar surface area (TPSA) is 83.0 Å². The summed E-state index contributed by atoms with van der Waals surface area (Å²) >= 11 is 6.02. The molecule has 7 heteroatoms. The Kier molecular flexibility index (Phi) is 4.70. The third-order valence-corrected chi connectivity index (χ3v) is 4.65. The quantitative estimate of drug-likeness (QED) is 0.746. The van der Waals surface area contributed by atoms with Crippen LogP contribution in [0.1, 0.15) is 35.6 Å². The number of ether oxygens (including phenoxy) is 1. The number of amides is 1. The summed E-state index contributed by atoms with van der Waals surface area (Å²) < 4.78 is 7.19. The second-order valence-electron chi connectivity index (χ2n) is 6.37. The van der Waals surface area contributed by atoms with Crippen molar-refractivity contribution >= 4 is 17.5 Å². The van der Waals surface area contributed by atoms with E-state index < -0.39 is 5.91 Å². The lowest BCUT2D eigenvalue weighted by molar-refractivity contribution is 0.0990. The van der Waals surface area contributed by atoms with Crippen LogP contribution in [-0.2, 0) is 5.41 Å². The third kappa shape index (κ3) is 3.15. The Hall–Kier alpha value is -2.86. The molecule has 1 heterocycles. The zero-order valence-electron chi connectivity index (χ0n) is 14.7. The molecule has 3 rings (SSSR count). The highest BCUT2D eigenvalue weighted by atomic mass is 35.5. The molecule has 0 aliphatic rings. The molecule has 0 radical (unpaired) electrons. The van der Waals surface area contributed by atoms with Crippen LogP contribution in [-0.4, -0.2) is 27.8 Å². The normalized spacial score (nSPS) is 11.4. The average molecular weight is 371 g/mol. The summed E-state index contributed by atoms with van der Waals surface area (Å²) in [6.45, 7) is 4.21. The summed E-state index contributed by atoms with van der Waals surface area (Å²) in [5, 5.41) is 4.82. The number of primary amides is 1. The summed E-state index contributed by atoms with van der Waals surface area (Å²) in [6.07, 6.45) is 1.44. The SMILES string of the molecule is COc1c(-n2cnc(C(N)=O)n2)cccc1C(C)(C)c1ccc(Cl)cc1. The molecular formula is C19H19ClN4O2. The van der Waals surface area contributed by atoms with Crippen LogP contribution in [0.3, 0.4) is 0 Å². The van der Waals surface area contributed by atoms with Gasteiger partial charge in [0, 0.05) is 16.0 Å². The highest BCUT2D eigenvalue weighted by Gasteiger charge is 2.28. The first-order chi connectivity index (χ1) is 12.3. The second-order valence-corrected chi connectivity index (χ2v) is 6.80. The van der Waals surface area contributed by atoms with Crippen molar-refractivity contribution in [2.45, 2.75) is 19.3 Å². The highest BCUT2D eigenvalue weighted by Crippen LogP contribution is 2.40. The largest absolute Gasteiger partial charge is 0.494 e. The Morgan fingerprint density at radius 1 is 1.19 bits per heavy atom. The number of hydrogen-bond donors (Lipinski definition) is 1. The fourth-order valence-corrected chi connectivity index (χ4v) is 3.05. The number of nitrogens with two attached hydrogens (primary N) is 1. The molecule has 134 valence electrons. The van der Waals surface area contributed by atoms with Crippen molar-refractivity contribution in [3.63, 3.8) is 0 Å². The van der Waals surface area contributed by atoms with Crippen LogP contribution in [0.2, 0.25) is 5.02 Å². The molecule has 0 bridgehead atoms. The fraction of sp³-hybridized carbons (Fsp3) is 0.211. The lowest BCUT2D eigenvalue weighted by Gasteiger charge is -2.29. The smallest absolute Gasteiger partial charge is 0.288 e. The first-order valence-electron chi connectivity index (χ1n) is 8.00. The second kappa shape index (κ2) is 6.80. The number of aromatic nitrogens is 3. The fourth-order valence-electron chi connectivity index (χ4n) is 2.93. The number of hydrogen-bond acceptors (Lipinski definition) is 4. The number of carbonyl (C=O) groups excluding carboxylic acids is 1. The Labute approximate surface area is 156 Å². The summed E-state index contributed by atoms with van der Waals surface area (Å²) in [5.74, 6) is -0.0804. The minimum atomic E-state index is -0.680. The maximum atomic E-state index is 11.3. The van der Waals surface area contributed by atoms with E-state index in [1.165, 1.54) is 11.0 Å². The van der Waals surface area contributed by atoms with Gasteiger partial charge in [-0.05, 0) is 23.8 Å². The average Bonchev–Trinajstić information content (AvgIpc) is 3.11. The lowest BCUT2D eigenvalue weighted by Crippen LogP contribution is -2.20. The molecule has 0 saturated heterocycles. The van der Waals surface area contributed by atoms with Crippen LogP contribution in [0.4, 0.5) is 0 Å². The van der Waals surface area contributed by atoms with E-state index in [9.17, 15) is 4.79 Å². The minimum Gasteiger partial charge on any atom is -0.494 e. The van der Waals surface area contributed by atoms with E-state index in [1.54, 1.807) is 7.11 Å².